The van der Waals surface area contributed by atoms with Gasteiger partial charge in [-0.2, -0.15) is 18.2 Å². The standard InChI is InChI=1S/C26H19Si.C21H17Si.C19H13.C18H19Si.C16H15.C14H11.3Mg/c1-3-10-23(11-4-1)27(24-12-5-2-6-13-24)19-20-17-22-16-15-21-9-7-8-14-25(21)26(22)18-20;1-22(2)21-18-13-12-16-10-6-7-11-17(16)20(18)14-19(21)15-8-4-3-5-9-15;1-2-6-14(7-3-1)17-12-16-11-10-15-8-4-5-9-18(15)19(16)13-17;1-19(2)11-5-6-14-12-16-10-9-15-7-3-4-8-17(15)18(16)13-14;1-2-5-12-10-14-9-8-13-6-3-4-7-15(13)16(14)11-12;1-10-8-12-7-6-11-4-2-3-5-13(11)14(12)9-10;;;/h1-19H;3-13H,1-2H3;1-13H;3-4,7-13H,5-6H2,1-2H3;3-4,6-11H,2,5H2,1H3;2-9H,1H3;;;/q6*-1;3*+2. The second-order valence-corrected chi connectivity index (χ2v) is 38.8. The maximum absolute atomic E-state index is 3.73. The van der Waals surface area contributed by atoms with Gasteiger partial charge in [0.25, 0.3) is 0 Å². The average molecular weight is 1620 g/mol. The molecule has 0 saturated carbocycles. The van der Waals surface area contributed by atoms with Crippen LogP contribution in [0.25, 0.3) is 135 Å². The molecule has 0 aromatic heterocycles. The summed E-state index contributed by atoms with van der Waals surface area (Å²) in [5, 5.41) is 34.0. The number of benzene rings is 16. The maximum Gasteiger partial charge on any atom is 2.00 e. The predicted octanol–water partition coefficient (Wildman–Crippen LogP) is 27.4. The molecular formula is C114H94Mg3Si3. The summed E-state index contributed by atoms with van der Waals surface area (Å²) in [5.41, 5.74) is 18.4. The molecule has 0 amide bonds. The first-order chi connectivity index (χ1) is 57.5. The third kappa shape index (κ3) is 19.4. The number of hydrogen-bond acceptors (Lipinski definition) is 0. The fourth-order valence-corrected chi connectivity index (χ4v) is 21.6. The van der Waals surface area contributed by atoms with E-state index >= 15 is 0 Å². The molecule has 120 heavy (non-hydrogen) atoms. The van der Waals surface area contributed by atoms with Crippen LogP contribution in [0.5, 0.6) is 0 Å². The molecule has 0 saturated heterocycles. The maximum atomic E-state index is 3.73. The monoisotopic (exact) mass is 1620 g/mol. The Labute approximate surface area is 760 Å². The van der Waals surface area contributed by atoms with E-state index in [0.717, 1.165) is 0 Å². The summed E-state index contributed by atoms with van der Waals surface area (Å²) in [6.07, 6.45) is 8.53. The first-order valence-electron chi connectivity index (χ1n) is 41.3. The fourth-order valence-electron chi connectivity index (χ4n) is 17.1. The van der Waals surface area contributed by atoms with Gasteiger partial charge in [-0.15, -0.1) is 182 Å². The van der Waals surface area contributed by atoms with E-state index in [2.05, 4.69) is 458 Å². The Hall–Kier alpha value is -10.6. The Kier molecular flexibility index (Phi) is 28.8. The Bertz CT molecular complexity index is 7200. The van der Waals surface area contributed by atoms with Crippen molar-refractivity contribution in [3.63, 3.8) is 0 Å². The predicted molar refractivity (Wildman–Crippen MR) is 539 cm³/mol. The minimum absolute atomic E-state index is 0. The van der Waals surface area contributed by atoms with Gasteiger partial charge in [-0.25, -0.2) is 0 Å². The van der Waals surface area contributed by atoms with Gasteiger partial charge >= 0.3 is 69.2 Å². The fraction of sp³-hybridized carbons (Fsp3) is 0.0877. The number of allylic oxidation sites excluding steroid dienone is 1. The smallest absolute Gasteiger partial charge is 0.165 e. The molecule has 0 aliphatic heterocycles. The number of rotatable bonds is 10. The van der Waals surface area contributed by atoms with Gasteiger partial charge in [0.15, 0.2) is 0 Å². The summed E-state index contributed by atoms with van der Waals surface area (Å²) in [5.74, 6) is 0. The van der Waals surface area contributed by atoms with Crippen LogP contribution in [-0.2, 0) is 12.8 Å². The van der Waals surface area contributed by atoms with Crippen molar-refractivity contribution in [2.45, 2.75) is 65.7 Å². The summed E-state index contributed by atoms with van der Waals surface area (Å²) < 4.78 is 0. The first-order valence-corrected chi connectivity index (χ1v) is 47.9. The van der Waals surface area contributed by atoms with Crippen molar-refractivity contribution in [1.29, 1.82) is 0 Å². The quantitative estimate of drug-likeness (QED) is 0.0946. The van der Waals surface area contributed by atoms with Gasteiger partial charge < -0.3 is 0 Å². The summed E-state index contributed by atoms with van der Waals surface area (Å²) in [7, 11) is -1.74. The molecule has 0 nitrogen and oxygen atoms in total. The molecule has 0 radical (unpaired) electrons. The Morgan fingerprint density at radius 2 is 0.667 bits per heavy atom. The molecule has 1 aliphatic rings. The zero-order valence-corrected chi connectivity index (χ0v) is 77.0. The van der Waals surface area contributed by atoms with Crippen LogP contribution in [0.1, 0.15) is 58.7 Å². The van der Waals surface area contributed by atoms with Crippen LogP contribution in [0, 0.1) is 13.0 Å². The van der Waals surface area contributed by atoms with Crippen molar-refractivity contribution >= 4 is 245 Å². The van der Waals surface area contributed by atoms with Crippen molar-refractivity contribution < 1.29 is 0 Å². The zero-order valence-electron chi connectivity index (χ0n) is 69.7. The summed E-state index contributed by atoms with van der Waals surface area (Å²) in [6.45, 7) is 13.8. The number of fused-ring (bicyclic) bond motifs is 18. The van der Waals surface area contributed by atoms with Gasteiger partial charge in [-0.1, -0.05) is 444 Å². The third-order valence-corrected chi connectivity index (χ3v) is 27.9. The van der Waals surface area contributed by atoms with Crippen LogP contribution in [0.15, 0.2) is 400 Å². The van der Waals surface area contributed by atoms with Crippen LogP contribution < -0.4 is 10.4 Å². The summed E-state index contributed by atoms with van der Waals surface area (Å²) >= 11 is 0. The van der Waals surface area contributed by atoms with E-state index in [-0.39, 0.29) is 77.6 Å². The molecule has 0 heterocycles. The second kappa shape index (κ2) is 40.2. The normalized spacial score (nSPS) is 11.2. The van der Waals surface area contributed by atoms with E-state index in [9.17, 15) is 0 Å². The SMILES string of the molecule is C(c1cc2ccc3ccccc3c2[cH-]1)=[Si](c1ccccc1)c1ccccc1.CCCc1cc2ccc3ccccc3c2[cH-]1.C[Si](C)=C1C(c2ccccc2)=[C-]c2c1ccc1ccccc21.C[Si](C)=CCCc1cc2ccc3ccccc3c2[cH-]1.Cc1cc2ccc3ccccc3c2[cH-]1.[Mg+2].[Mg+2].[Mg+2].c1ccc(-c2cc3ccc4ccccc4c3[cH-]2)cc1. The van der Waals surface area contributed by atoms with Gasteiger partial charge in [-0.3, -0.25) is 0 Å². The summed E-state index contributed by atoms with van der Waals surface area (Å²) in [4.78, 5) is 0. The molecule has 0 N–H and O–H groups in total. The Morgan fingerprint density at radius 1 is 0.317 bits per heavy atom. The van der Waals surface area contributed by atoms with Crippen molar-refractivity contribution in [1.82, 2.24) is 0 Å². The van der Waals surface area contributed by atoms with Crippen molar-refractivity contribution in [3.05, 3.63) is 445 Å². The molecule has 1 aliphatic carbocycles. The van der Waals surface area contributed by atoms with Crippen molar-refractivity contribution in [2.75, 3.05) is 0 Å². The molecule has 22 rings (SSSR count). The molecule has 0 fully saturated rings. The van der Waals surface area contributed by atoms with E-state index in [1.54, 1.807) is 0 Å². The number of aryl methyl sites for hydroxylation is 3. The minimum atomic E-state index is -0.977. The van der Waals surface area contributed by atoms with E-state index in [1.165, 1.54) is 215 Å². The van der Waals surface area contributed by atoms with Crippen LogP contribution in [0.4, 0.5) is 0 Å². The van der Waals surface area contributed by atoms with Crippen LogP contribution in [0.2, 0.25) is 26.2 Å². The van der Waals surface area contributed by atoms with Gasteiger partial charge in [0.2, 0.25) is 0 Å². The van der Waals surface area contributed by atoms with E-state index < -0.39 is 16.8 Å². The molecule has 0 spiro atoms. The van der Waals surface area contributed by atoms with Crippen LogP contribution in [-0.4, -0.2) is 111 Å². The van der Waals surface area contributed by atoms with Gasteiger partial charge in [-0.05, 0) is 46.5 Å². The molecule has 0 atom stereocenters. The minimum Gasteiger partial charge on any atom is -0.165 e. The van der Waals surface area contributed by atoms with Gasteiger partial charge in [0.1, 0.15) is 0 Å². The molecule has 6 heteroatoms. The molecule has 568 valence electrons. The van der Waals surface area contributed by atoms with Gasteiger partial charge in [0, 0.05) is 8.41 Å². The Morgan fingerprint density at radius 3 is 1.12 bits per heavy atom. The first kappa shape index (κ1) is 85.8. The van der Waals surface area contributed by atoms with E-state index in [0.29, 0.717) is 0 Å². The second-order valence-electron chi connectivity index (χ2n) is 31.4. The van der Waals surface area contributed by atoms with Crippen molar-refractivity contribution in [3.8, 4) is 11.1 Å². The largest absolute Gasteiger partial charge is 2.00 e. The van der Waals surface area contributed by atoms with Gasteiger partial charge in [0.05, 0.1) is 0 Å². The average Bonchev–Trinajstić information content (AvgIpc) is 1.60. The molecule has 0 bridgehead atoms. The zero-order chi connectivity index (χ0) is 79.6. The topological polar surface area (TPSA) is 0 Å². The third-order valence-electron chi connectivity index (χ3n) is 22.7. The number of hydrogen-bond donors (Lipinski definition) is 0. The van der Waals surface area contributed by atoms with Crippen molar-refractivity contribution in [2.24, 2.45) is 0 Å². The van der Waals surface area contributed by atoms with Crippen LogP contribution >= 0.6 is 0 Å². The Balaban J connectivity index is 0.000000119. The van der Waals surface area contributed by atoms with E-state index in [1.807, 2.05) is 0 Å². The van der Waals surface area contributed by atoms with E-state index in [4.69, 9.17) is 0 Å². The molecular weight excluding hydrogens is 1530 g/mol. The van der Waals surface area contributed by atoms with Crippen LogP contribution in [0.3, 0.4) is 0 Å². The molecule has 21 aromatic rings. The molecule has 0 unspecified atom stereocenters. The molecule has 21 aromatic carbocycles. The summed E-state index contributed by atoms with van der Waals surface area (Å²) in [6, 6.07) is 145.